The maximum Gasteiger partial charge on any atom is 0.315 e. The number of aromatic nitrogens is 1. The molecule has 2 amide bonds. The van der Waals surface area contributed by atoms with E-state index in [0.29, 0.717) is 6.42 Å². The highest BCUT2D eigenvalue weighted by Crippen LogP contribution is 2.21. The average molecular weight is 341 g/mol. The summed E-state index contributed by atoms with van der Waals surface area (Å²) in [5.41, 5.74) is 2.89. The van der Waals surface area contributed by atoms with E-state index in [1.54, 1.807) is 6.20 Å². The molecule has 0 bridgehead atoms. The minimum Gasteiger partial charge on any atom is -0.396 e. The fraction of sp³-hybridized carbons (Fsp3) is 0.400. The number of hydrogen-bond acceptors (Lipinski definition) is 3. The van der Waals surface area contributed by atoms with Crippen LogP contribution in [0.2, 0.25) is 0 Å². The highest BCUT2D eigenvalue weighted by Gasteiger charge is 2.21. The van der Waals surface area contributed by atoms with E-state index in [0.717, 1.165) is 16.8 Å². The number of aliphatic hydroxyl groups is 1. The number of nitrogens with zero attached hydrogens (tertiary/aromatic N) is 1. The second kappa shape index (κ2) is 9.18. The molecule has 0 radical (unpaired) electrons. The van der Waals surface area contributed by atoms with Crippen LogP contribution in [0.4, 0.5) is 4.79 Å². The average Bonchev–Trinajstić information content (AvgIpc) is 2.60. The Morgan fingerprint density at radius 3 is 2.56 bits per heavy atom. The van der Waals surface area contributed by atoms with Crippen molar-refractivity contribution in [2.75, 3.05) is 6.61 Å². The summed E-state index contributed by atoms with van der Waals surface area (Å²) >= 11 is 0. The van der Waals surface area contributed by atoms with Crippen molar-refractivity contribution in [1.29, 1.82) is 0 Å². The van der Waals surface area contributed by atoms with Crippen LogP contribution >= 0.6 is 0 Å². The Morgan fingerprint density at radius 2 is 1.96 bits per heavy atom. The quantitative estimate of drug-likeness (QED) is 0.724. The third-order valence-electron chi connectivity index (χ3n) is 4.20. The SMILES string of the molecule is Cc1cccc(C(NC(=O)NC(CCO)C(C)C)c2ccccn2)c1. The van der Waals surface area contributed by atoms with Gasteiger partial charge in [0.05, 0.1) is 11.7 Å². The number of pyridine rings is 1. The van der Waals surface area contributed by atoms with Crippen LogP contribution in [0.1, 0.15) is 43.1 Å². The van der Waals surface area contributed by atoms with Crippen LogP contribution in [-0.2, 0) is 0 Å². The van der Waals surface area contributed by atoms with Gasteiger partial charge in [-0.15, -0.1) is 0 Å². The molecule has 5 heteroatoms. The van der Waals surface area contributed by atoms with Crippen molar-refractivity contribution in [2.24, 2.45) is 5.92 Å². The number of nitrogens with one attached hydrogen (secondary N) is 2. The Bertz CT molecular complexity index is 674. The topological polar surface area (TPSA) is 74.2 Å². The first-order chi connectivity index (χ1) is 12.0. The molecule has 2 atom stereocenters. The molecule has 0 spiro atoms. The summed E-state index contributed by atoms with van der Waals surface area (Å²) in [5, 5.41) is 15.2. The molecule has 0 fully saturated rings. The Kier molecular flexibility index (Phi) is 6.95. The Balaban J connectivity index is 2.20. The second-order valence-electron chi connectivity index (χ2n) is 6.58. The van der Waals surface area contributed by atoms with Gasteiger partial charge in [0.1, 0.15) is 0 Å². The molecule has 0 saturated carbocycles. The zero-order valence-corrected chi connectivity index (χ0v) is 15.1. The molecule has 2 aromatic rings. The van der Waals surface area contributed by atoms with Gasteiger partial charge >= 0.3 is 6.03 Å². The molecule has 3 N–H and O–H groups in total. The van der Waals surface area contributed by atoms with Gasteiger partial charge in [-0.3, -0.25) is 4.98 Å². The molecule has 25 heavy (non-hydrogen) atoms. The van der Waals surface area contributed by atoms with E-state index in [2.05, 4.69) is 15.6 Å². The van der Waals surface area contributed by atoms with Crippen molar-refractivity contribution in [3.05, 3.63) is 65.5 Å². The smallest absolute Gasteiger partial charge is 0.315 e. The standard InChI is InChI=1S/C20H27N3O2/c1-14(2)17(10-12-24)22-20(25)23-19(18-9-4-5-11-21-18)16-8-6-7-15(3)13-16/h4-9,11,13-14,17,19,24H,10,12H2,1-3H3,(H2,22,23,25). The van der Waals surface area contributed by atoms with Gasteiger partial charge in [0.25, 0.3) is 0 Å². The predicted octanol–water partition coefficient (Wildman–Crippen LogP) is 3.19. The second-order valence-corrected chi connectivity index (χ2v) is 6.58. The van der Waals surface area contributed by atoms with Crippen LogP contribution in [-0.4, -0.2) is 28.8 Å². The molecular formula is C20H27N3O2. The number of rotatable bonds is 7. The van der Waals surface area contributed by atoms with E-state index in [-0.39, 0.29) is 30.6 Å². The zero-order valence-electron chi connectivity index (χ0n) is 15.1. The molecule has 0 aliphatic carbocycles. The van der Waals surface area contributed by atoms with E-state index in [1.165, 1.54) is 0 Å². The van der Waals surface area contributed by atoms with Gasteiger partial charge in [0, 0.05) is 18.8 Å². The van der Waals surface area contributed by atoms with Crippen LogP contribution in [0.3, 0.4) is 0 Å². The van der Waals surface area contributed by atoms with Crippen LogP contribution in [0.5, 0.6) is 0 Å². The molecule has 1 aromatic heterocycles. The Morgan fingerprint density at radius 1 is 1.16 bits per heavy atom. The van der Waals surface area contributed by atoms with Crippen molar-refractivity contribution < 1.29 is 9.90 Å². The maximum absolute atomic E-state index is 12.5. The summed E-state index contributed by atoms with van der Waals surface area (Å²) in [6, 6.07) is 13.0. The van der Waals surface area contributed by atoms with Gasteiger partial charge in [-0.25, -0.2) is 4.79 Å². The lowest BCUT2D eigenvalue weighted by molar-refractivity contribution is 0.217. The molecule has 2 rings (SSSR count). The lowest BCUT2D eigenvalue weighted by atomic mass is 10.0. The minimum atomic E-state index is -0.331. The first kappa shape index (κ1) is 18.9. The van der Waals surface area contributed by atoms with Crippen molar-refractivity contribution in [1.82, 2.24) is 15.6 Å². The fourth-order valence-electron chi connectivity index (χ4n) is 2.78. The number of aryl methyl sites for hydroxylation is 1. The molecule has 5 nitrogen and oxygen atoms in total. The molecule has 0 aliphatic heterocycles. The Labute approximate surface area is 149 Å². The lowest BCUT2D eigenvalue weighted by Gasteiger charge is -2.25. The van der Waals surface area contributed by atoms with Gasteiger partial charge in [0.15, 0.2) is 0 Å². The lowest BCUT2D eigenvalue weighted by Crippen LogP contribution is -2.46. The maximum atomic E-state index is 12.5. The summed E-state index contributed by atoms with van der Waals surface area (Å²) in [5.74, 6) is 0.241. The number of urea groups is 1. The number of carbonyl (C=O) groups excluding carboxylic acids is 1. The molecule has 0 saturated heterocycles. The van der Waals surface area contributed by atoms with E-state index >= 15 is 0 Å². The zero-order chi connectivity index (χ0) is 18.2. The van der Waals surface area contributed by atoms with Gasteiger partial charge < -0.3 is 15.7 Å². The van der Waals surface area contributed by atoms with Gasteiger partial charge in [-0.1, -0.05) is 49.7 Å². The van der Waals surface area contributed by atoms with E-state index in [1.807, 2.05) is 63.2 Å². The highest BCUT2D eigenvalue weighted by atomic mass is 16.3. The number of carbonyl (C=O) groups is 1. The molecule has 0 aliphatic rings. The van der Waals surface area contributed by atoms with Gasteiger partial charge in [0.2, 0.25) is 0 Å². The fourth-order valence-corrected chi connectivity index (χ4v) is 2.78. The van der Waals surface area contributed by atoms with E-state index in [9.17, 15) is 9.90 Å². The monoisotopic (exact) mass is 341 g/mol. The molecule has 2 unspecified atom stereocenters. The highest BCUT2D eigenvalue weighted by molar-refractivity contribution is 5.75. The van der Waals surface area contributed by atoms with Gasteiger partial charge in [-0.2, -0.15) is 0 Å². The van der Waals surface area contributed by atoms with Crippen molar-refractivity contribution in [3.8, 4) is 0 Å². The van der Waals surface area contributed by atoms with Crippen LogP contribution < -0.4 is 10.6 Å². The first-order valence-electron chi connectivity index (χ1n) is 8.66. The summed E-state index contributed by atoms with van der Waals surface area (Å²) in [6.07, 6.45) is 2.25. The normalized spacial score (nSPS) is 13.3. The summed E-state index contributed by atoms with van der Waals surface area (Å²) in [4.78, 5) is 16.9. The molecule has 134 valence electrons. The Hall–Kier alpha value is -2.40. The number of benzene rings is 1. The third kappa shape index (κ3) is 5.57. The predicted molar refractivity (Wildman–Crippen MR) is 99.3 cm³/mol. The van der Waals surface area contributed by atoms with E-state index in [4.69, 9.17) is 0 Å². The molecule has 1 aromatic carbocycles. The summed E-state index contributed by atoms with van der Waals surface area (Å²) in [7, 11) is 0. The number of amides is 2. The molecular weight excluding hydrogens is 314 g/mol. The minimum absolute atomic E-state index is 0.0463. The number of aliphatic hydroxyl groups excluding tert-OH is 1. The van der Waals surface area contributed by atoms with Crippen molar-refractivity contribution in [2.45, 2.75) is 39.3 Å². The summed E-state index contributed by atoms with van der Waals surface area (Å²) < 4.78 is 0. The van der Waals surface area contributed by atoms with Crippen molar-refractivity contribution >= 4 is 6.03 Å². The number of hydrogen-bond donors (Lipinski definition) is 3. The van der Waals surface area contributed by atoms with E-state index < -0.39 is 0 Å². The molecule has 1 heterocycles. The largest absolute Gasteiger partial charge is 0.396 e. The van der Waals surface area contributed by atoms with Gasteiger partial charge in [-0.05, 0) is 37.0 Å². The third-order valence-corrected chi connectivity index (χ3v) is 4.20. The van der Waals surface area contributed by atoms with Crippen LogP contribution in [0.25, 0.3) is 0 Å². The van der Waals surface area contributed by atoms with Crippen LogP contribution in [0, 0.1) is 12.8 Å². The van der Waals surface area contributed by atoms with Crippen molar-refractivity contribution in [3.63, 3.8) is 0 Å². The first-order valence-corrected chi connectivity index (χ1v) is 8.66. The van der Waals surface area contributed by atoms with Crippen LogP contribution in [0.15, 0.2) is 48.7 Å². The summed E-state index contributed by atoms with van der Waals surface area (Å²) in [6.45, 7) is 6.12.